The molecule has 2 fully saturated rings. The first-order valence-electron chi connectivity index (χ1n) is 15.9. The summed E-state index contributed by atoms with van der Waals surface area (Å²) in [5, 5.41) is 3.50. The van der Waals surface area contributed by atoms with Crippen molar-refractivity contribution in [3.63, 3.8) is 0 Å². The number of nitrogens with one attached hydrogen (secondary N) is 1. The zero-order valence-corrected chi connectivity index (χ0v) is 29.1. The molecule has 4 heterocycles. The summed E-state index contributed by atoms with van der Waals surface area (Å²) < 4.78 is 14.7. The minimum absolute atomic E-state index is 0.0671. The van der Waals surface area contributed by atoms with Gasteiger partial charge in [0.2, 0.25) is 5.91 Å². The molecule has 45 heavy (non-hydrogen) atoms. The van der Waals surface area contributed by atoms with Crippen LogP contribution in [0.5, 0.6) is 0 Å². The molecule has 3 amide bonds. The van der Waals surface area contributed by atoms with Gasteiger partial charge < -0.3 is 19.7 Å². The number of nitrogens with zero attached hydrogens (tertiary/aromatic N) is 5. The number of imide groups is 1. The van der Waals surface area contributed by atoms with E-state index < -0.39 is 25.6 Å². The predicted octanol–water partition coefficient (Wildman–Crippen LogP) is 3.89. The summed E-state index contributed by atoms with van der Waals surface area (Å²) in [6.45, 7) is 15.9. The number of carbonyl (C=O) groups excluding carboxylic acids is 3. The van der Waals surface area contributed by atoms with Crippen molar-refractivity contribution in [2.75, 3.05) is 50.7 Å². The van der Waals surface area contributed by atoms with Crippen LogP contribution in [0.2, 0.25) is 25.7 Å². The first-order chi connectivity index (χ1) is 21.2. The van der Waals surface area contributed by atoms with Crippen LogP contribution in [0.15, 0.2) is 16.9 Å². The van der Waals surface area contributed by atoms with Crippen molar-refractivity contribution >= 4 is 54.3 Å². The summed E-state index contributed by atoms with van der Waals surface area (Å²) in [7, 11) is -1.32. The number of amides is 3. The number of halogens is 1. The lowest BCUT2D eigenvalue weighted by Gasteiger charge is -2.41. The van der Waals surface area contributed by atoms with Crippen LogP contribution in [0.4, 0.5) is 10.5 Å². The van der Waals surface area contributed by atoms with Crippen LogP contribution >= 0.6 is 11.6 Å². The van der Waals surface area contributed by atoms with E-state index in [1.807, 2.05) is 32.9 Å². The number of benzene rings is 1. The Labute approximate surface area is 270 Å². The Morgan fingerprint density at radius 1 is 1.11 bits per heavy atom. The molecule has 0 aliphatic carbocycles. The Kier molecular flexibility index (Phi) is 9.74. The van der Waals surface area contributed by atoms with Crippen LogP contribution in [0.3, 0.4) is 0 Å². The van der Waals surface area contributed by atoms with Crippen molar-refractivity contribution in [3.05, 3.63) is 28.2 Å². The van der Waals surface area contributed by atoms with Crippen LogP contribution in [0.25, 0.3) is 11.0 Å². The molecule has 1 unspecified atom stereocenters. The fourth-order valence-electron chi connectivity index (χ4n) is 6.24. The molecule has 1 aromatic carbocycles. The number of rotatable bonds is 9. The van der Waals surface area contributed by atoms with Crippen molar-refractivity contribution in [1.29, 1.82) is 0 Å². The lowest BCUT2D eigenvalue weighted by Crippen LogP contribution is -2.55. The minimum atomic E-state index is -1.32. The Morgan fingerprint density at radius 2 is 1.87 bits per heavy atom. The normalized spacial score (nSPS) is 21.4. The van der Waals surface area contributed by atoms with E-state index in [-0.39, 0.29) is 43.3 Å². The number of piperazine rings is 1. The van der Waals surface area contributed by atoms with E-state index in [4.69, 9.17) is 21.1 Å². The second-order valence-corrected chi connectivity index (χ2v) is 20.4. The highest BCUT2D eigenvalue weighted by molar-refractivity contribution is 6.76. The van der Waals surface area contributed by atoms with Crippen LogP contribution < -0.4 is 11.0 Å². The predicted molar refractivity (Wildman–Crippen MR) is 177 cm³/mol. The van der Waals surface area contributed by atoms with Gasteiger partial charge in [-0.1, -0.05) is 25.7 Å². The molecule has 1 N–H and O–H groups in total. The van der Waals surface area contributed by atoms with Gasteiger partial charge in [-0.3, -0.25) is 28.5 Å². The Balaban J connectivity index is 1.37. The summed E-state index contributed by atoms with van der Waals surface area (Å²) >= 11 is 6.40. The minimum Gasteiger partial charge on any atom is -0.444 e. The number of piperidine rings is 1. The first-order valence-corrected chi connectivity index (χ1v) is 20.1. The third-order valence-corrected chi connectivity index (χ3v) is 10.7. The fourth-order valence-corrected chi connectivity index (χ4v) is 7.29. The van der Waals surface area contributed by atoms with E-state index in [9.17, 15) is 19.2 Å². The lowest BCUT2D eigenvalue weighted by atomic mass is 10.0. The largest absolute Gasteiger partial charge is 0.444 e. The number of hydrogen-bond acceptors (Lipinski definition) is 8. The second kappa shape index (κ2) is 13.1. The van der Waals surface area contributed by atoms with Crippen LogP contribution in [-0.2, 0) is 32.2 Å². The Morgan fingerprint density at radius 3 is 2.56 bits per heavy atom. The molecule has 248 valence electrons. The van der Waals surface area contributed by atoms with Gasteiger partial charge in [-0.2, -0.15) is 0 Å². The highest BCUT2D eigenvalue weighted by Gasteiger charge is 2.39. The average molecular weight is 663 g/mol. The zero-order valence-electron chi connectivity index (χ0n) is 27.4. The van der Waals surface area contributed by atoms with Crippen molar-refractivity contribution in [2.24, 2.45) is 0 Å². The molecule has 2 atom stereocenters. The summed E-state index contributed by atoms with van der Waals surface area (Å²) in [4.78, 5) is 58.1. The van der Waals surface area contributed by atoms with Crippen molar-refractivity contribution < 1.29 is 23.9 Å². The van der Waals surface area contributed by atoms with E-state index in [2.05, 4.69) is 29.9 Å². The average Bonchev–Trinajstić information content (AvgIpc) is 3.25. The number of ether oxygens (including phenoxy) is 2. The SMILES string of the molecule is CC(C)(C)OC(=O)N1CCN(Cc2ccc3c4c2NCCn4c(=O)n3C2CCC(=O)N(COCC[Si](C)(C)C)C2=O)[C@H](CCl)C1. The summed E-state index contributed by atoms with van der Waals surface area (Å²) in [5.74, 6) is -0.312. The standard InChI is InChI=1S/C31H47ClN6O6Si/c1-31(2,3)44-30(42)35-14-13-34(22(17-32)19-35)18-21-7-8-23-27-26(21)33-11-12-36(27)29(41)38(23)24-9-10-25(39)37(28(24)40)20-43-15-16-45(4,5)6/h7-8,22,24,33H,9-20H2,1-6H3/t22-,24?/m1/s1. The Hall–Kier alpha value is -2.87. The maximum Gasteiger partial charge on any atom is 0.410 e. The van der Waals surface area contributed by atoms with Crippen LogP contribution in [-0.4, -0.2) is 107 Å². The smallest absolute Gasteiger partial charge is 0.410 e. The quantitative estimate of drug-likeness (QED) is 0.186. The number of imidazole rings is 1. The number of hydrogen-bond donors (Lipinski definition) is 1. The molecule has 0 bridgehead atoms. The molecule has 1 aromatic heterocycles. The number of likely N-dealkylation sites (tertiary alicyclic amines) is 1. The van der Waals surface area contributed by atoms with Gasteiger partial charge in [-0.15, -0.1) is 11.6 Å². The van der Waals surface area contributed by atoms with Gasteiger partial charge in [0.05, 0.1) is 16.7 Å². The van der Waals surface area contributed by atoms with Crippen molar-refractivity contribution in [3.8, 4) is 0 Å². The maximum absolute atomic E-state index is 13.8. The van der Waals surface area contributed by atoms with Crippen LogP contribution in [0, 0.1) is 0 Å². The van der Waals surface area contributed by atoms with Gasteiger partial charge in [0.15, 0.2) is 0 Å². The summed E-state index contributed by atoms with van der Waals surface area (Å²) in [6.07, 6.45) is 0.105. The van der Waals surface area contributed by atoms with E-state index in [0.717, 1.165) is 22.8 Å². The fraction of sp³-hybridized carbons (Fsp3) is 0.677. The molecule has 3 aliphatic rings. The molecule has 0 spiro atoms. The summed E-state index contributed by atoms with van der Waals surface area (Å²) in [6, 6.07) is 3.99. The molecule has 14 heteroatoms. The second-order valence-electron chi connectivity index (χ2n) is 14.5. The number of aromatic nitrogens is 2. The number of carbonyl (C=O) groups is 3. The van der Waals surface area contributed by atoms with Crippen molar-refractivity contribution in [2.45, 2.75) is 90.1 Å². The lowest BCUT2D eigenvalue weighted by molar-refractivity contribution is -0.157. The highest BCUT2D eigenvalue weighted by Crippen LogP contribution is 2.34. The third-order valence-electron chi connectivity index (χ3n) is 8.67. The highest BCUT2D eigenvalue weighted by atomic mass is 35.5. The van der Waals surface area contributed by atoms with Gasteiger partial charge in [-0.05, 0) is 44.9 Å². The molecule has 3 aliphatic heterocycles. The molecule has 5 rings (SSSR count). The van der Waals surface area contributed by atoms with Gasteiger partial charge in [0, 0.05) is 72.3 Å². The molecular formula is C31H47ClN6O6Si. The molecule has 2 saturated heterocycles. The molecule has 2 aromatic rings. The maximum atomic E-state index is 13.8. The monoisotopic (exact) mass is 662 g/mol. The van der Waals surface area contributed by atoms with Gasteiger partial charge in [0.25, 0.3) is 5.91 Å². The topological polar surface area (TPSA) is 118 Å². The number of alkyl halides is 1. The van der Waals surface area contributed by atoms with Gasteiger partial charge in [-0.25, -0.2) is 9.59 Å². The van der Waals surface area contributed by atoms with Crippen LogP contribution in [0.1, 0.15) is 45.2 Å². The first kappa shape index (κ1) is 33.5. The van der Waals surface area contributed by atoms with E-state index in [1.54, 1.807) is 14.0 Å². The third kappa shape index (κ3) is 7.26. The van der Waals surface area contributed by atoms with E-state index in [1.165, 1.54) is 4.90 Å². The van der Waals surface area contributed by atoms with E-state index >= 15 is 0 Å². The number of anilines is 1. The Bertz CT molecular complexity index is 1510. The van der Waals surface area contributed by atoms with Crippen molar-refractivity contribution in [1.82, 2.24) is 23.8 Å². The van der Waals surface area contributed by atoms with Gasteiger partial charge in [0.1, 0.15) is 18.4 Å². The van der Waals surface area contributed by atoms with E-state index in [0.29, 0.717) is 57.3 Å². The zero-order chi connectivity index (χ0) is 32.7. The molecule has 0 saturated carbocycles. The molecular weight excluding hydrogens is 616 g/mol. The molecule has 12 nitrogen and oxygen atoms in total. The van der Waals surface area contributed by atoms with Gasteiger partial charge >= 0.3 is 11.8 Å². The molecule has 0 radical (unpaired) electrons. The summed E-state index contributed by atoms with van der Waals surface area (Å²) in [5.41, 5.74) is 2.49.